The zero-order chi connectivity index (χ0) is 26.7. The first-order valence-electron chi connectivity index (χ1n) is 13.8. The van der Waals surface area contributed by atoms with E-state index >= 15 is 0 Å². The van der Waals surface area contributed by atoms with Gasteiger partial charge < -0.3 is 0 Å². The Labute approximate surface area is 219 Å². The fourth-order valence-corrected chi connectivity index (χ4v) is 17.4. The quantitative estimate of drug-likeness (QED) is 0.272. The lowest BCUT2D eigenvalue weighted by Gasteiger charge is -2.38. The molecule has 0 saturated carbocycles. The van der Waals surface area contributed by atoms with Crippen molar-refractivity contribution in [2.75, 3.05) is 0 Å². The maximum atomic E-state index is 3.96. The SMILES string of the molecule is Cc1cc(C#C[Si](C(C)C)(C(C)C)C(C)C)c2ccccc2c1C#C[Si](C(C)C)(C(C)C)C(C)C. The van der Waals surface area contributed by atoms with E-state index < -0.39 is 16.1 Å². The van der Waals surface area contributed by atoms with Gasteiger partial charge in [0, 0.05) is 11.1 Å². The van der Waals surface area contributed by atoms with Crippen LogP contribution >= 0.6 is 0 Å². The molecule has 0 spiro atoms. The molecule has 0 nitrogen and oxygen atoms in total. The molecule has 0 fully saturated rings. The van der Waals surface area contributed by atoms with E-state index in [-0.39, 0.29) is 0 Å². The van der Waals surface area contributed by atoms with Crippen molar-refractivity contribution in [3.8, 4) is 22.9 Å². The van der Waals surface area contributed by atoms with Gasteiger partial charge in [0.05, 0.1) is 0 Å². The molecule has 2 heteroatoms. The Morgan fingerprint density at radius 3 is 1.31 bits per heavy atom. The first-order valence-corrected chi connectivity index (χ1v) is 18.3. The van der Waals surface area contributed by atoms with Crippen molar-refractivity contribution >= 4 is 26.9 Å². The summed E-state index contributed by atoms with van der Waals surface area (Å²) >= 11 is 0. The van der Waals surface area contributed by atoms with Gasteiger partial charge in [-0.3, -0.25) is 0 Å². The first-order chi connectivity index (χ1) is 16.2. The van der Waals surface area contributed by atoms with Crippen molar-refractivity contribution < 1.29 is 0 Å². The van der Waals surface area contributed by atoms with E-state index in [1.54, 1.807) is 0 Å². The van der Waals surface area contributed by atoms with E-state index in [0.29, 0.717) is 33.2 Å². The summed E-state index contributed by atoms with van der Waals surface area (Å²) in [5, 5.41) is 2.51. The molecule has 0 atom stereocenters. The second-order valence-corrected chi connectivity index (χ2v) is 23.6. The van der Waals surface area contributed by atoms with Gasteiger partial charge in [-0.2, -0.15) is 0 Å². The van der Waals surface area contributed by atoms with Crippen LogP contribution in [-0.4, -0.2) is 16.1 Å². The Morgan fingerprint density at radius 1 is 0.543 bits per heavy atom. The predicted molar refractivity (Wildman–Crippen MR) is 165 cm³/mol. The summed E-state index contributed by atoms with van der Waals surface area (Å²) < 4.78 is 0. The fraction of sp³-hybridized carbons (Fsp3) is 0.576. The van der Waals surface area contributed by atoms with Crippen LogP contribution in [0.15, 0.2) is 30.3 Å². The second-order valence-electron chi connectivity index (χ2n) is 12.5. The van der Waals surface area contributed by atoms with Crippen molar-refractivity contribution in [1.29, 1.82) is 0 Å². The summed E-state index contributed by atoms with van der Waals surface area (Å²) in [7, 11) is -3.59. The van der Waals surface area contributed by atoms with E-state index in [9.17, 15) is 0 Å². The average molecular weight is 503 g/mol. The van der Waals surface area contributed by atoms with Gasteiger partial charge in [0.25, 0.3) is 0 Å². The van der Waals surface area contributed by atoms with Crippen LogP contribution in [0.4, 0.5) is 0 Å². The van der Waals surface area contributed by atoms with Crippen LogP contribution in [0.1, 0.15) is 99.8 Å². The normalized spacial score (nSPS) is 12.7. The van der Waals surface area contributed by atoms with Gasteiger partial charge in [0.2, 0.25) is 0 Å². The predicted octanol–water partition coefficient (Wildman–Crippen LogP) is 10.3. The molecular weight excluding hydrogens is 453 g/mol. The van der Waals surface area contributed by atoms with Crippen LogP contribution in [-0.2, 0) is 0 Å². The average Bonchev–Trinajstić information content (AvgIpc) is 2.74. The summed E-state index contributed by atoms with van der Waals surface area (Å²) in [4.78, 5) is 0. The van der Waals surface area contributed by atoms with Gasteiger partial charge in [0.1, 0.15) is 16.1 Å². The van der Waals surface area contributed by atoms with Crippen molar-refractivity contribution in [2.45, 2.75) is 123 Å². The van der Waals surface area contributed by atoms with E-state index in [0.717, 1.165) is 0 Å². The summed E-state index contributed by atoms with van der Waals surface area (Å²) in [6.07, 6.45) is 0. The van der Waals surface area contributed by atoms with E-state index in [4.69, 9.17) is 0 Å². The van der Waals surface area contributed by atoms with Crippen LogP contribution in [0.5, 0.6) is 0 Å². The monoisotopic (exact) mass is 502 g/mol. The smallest absolute Gasteiger partial charge is 0.125 e. The number of hydrogen-bond donors (Lipinski definition) is 0. The third-order valence-electron chi connectivity index (χ3n) is 8.79. The van der Waals surface area contributed by atoms with Crippen LogP contribution in [0, 0.1) is 29.9 Å². The van der Waals surface area contributed by atoms with Crippen molar-refractivity contribution in [3.63, 3.8) is 0 Å². The Kier molecular flexibility index (Phi) is 9.72. The molecule has 2 aromatic carbocycles. The van der Waals surface area contributed by atoms with Gasteiger partial charge in [-0.15, -0.1) is 11.1 Å². The number of hydrogen-bond acceptors (Lipinski definition) is 0. The molecule has 0 radical (unpaired) electrons. The highest BCUT2D eigenvalue weighted by Gasteiger charge is 2.42. The zero-order valence-corrected chi connectivity index (χ0v) is 26.9. The van der Waals surface area contributed by atoms with Gasteiger partial charge in [-0.05, 0) is 62.6 Å². The number of benzene rings is 2. The maximum Gasteiger partial charge on any atom is 0.146 e. The van der Waals surface area contributed by atoms with Crippen LogP contribution in [0.25, 0.3) is 10.8 Å². The van der Waals surface area contributed by atoms with Crippen LogP contribution < -0.4 is 0 Å². The molecule has 0 saturated heterocycles. The molecular formula is C33H50Si2. The van der Waals surface area contributed by atoms with Gasteiger partial charge >= 0.3 is 0 Å². The molecule has 190 valence electrons. The van der Waals surface area contributed by atoms with Crippen molar-refractivity contribution in [3.05, 3.63) is 47.0 Å². The molecule has 0 aliphatic carbocycles. The largest absolute Gasteiger partial charge is 0.146 e. The topological polar surface area (TPSA) is 0 Å². The van der Waals surface area contributed by atoms with Gasteiger partial charge in [0.15, 0.2) is 0 Å². The molecule has 0 amide bonds. The third kappa shape index (κ3) is 5.50. The zero-order valence-electron chi connectivity index (χ0n) is 24.9. The lowest BCUT2D eigenvalue weighted by molar-refractivity contribution is 0.838. The van der Waals surface area contributed by atoms with Crippen LogP contribution in [0.2, 0.25) is 33.2 Å². The minimum Gasteiger partial charge on any atom is -0.125 e. The molecule has 0 N–H and O–H groups in total. The highest BCUT2D eigenvalue weighted by molar-refractivity contribution is 6.91. The van der Waals surface area contributed by atoms with Crippen molar-refractivity contribution in [2.24, 2.45) is 0 Å². The Bertz CT molecular complexity index is 1100. The van der Waals surface area contributed by atoms with Gasteiger partial charge in [-0.1, -0.05) is 119 Å². The molecule has 35 heavy (non-hydrogen) atoms. The molecule has 0 bridgehead atoms. The summed E-state index contributed by atoms with van der Waals surface area (Å²) in [6.45, 7) is 30.9. The lowest BCUT2D eigenvalue weighted by atomic mass is 9.96. The highest BCUT2D eigenvalue weighted by Crippen LogP contribution is 2.42. The van der Waals surface area contributed by atoms with E-state index in [2.05, 4.69) is 143 Å². The summed E-state index contributed by atoms with van der Waals surface area (Å²) in [5.74, 6) is 7.51. The standard InChI is InChI=1S/C33H50Si2/c1-23(2)34(24(3)4,25(5)6)20-18-30-22-29(13)31(33-17-15-14-16-32(30)33)19-21-35(26(7)8,27(9)10)28(11)12/h14-17,22-28H,1-13H3. The first kappa shape index (κ1) is 29.5. The Hall–Kier alpha value is -1.75. The van der Waals surface area contributed by atoms with Crippen LogP contribution in [0.3, 0.4) is 0 Å². The minimum absolute atomic E-state index is 0.632. The molecule has 0 unspecified atom stereocenters. The summed E-state index contributed by atoms with van der Waals surface area (Å²) in [6, 6.07) is 11.1. The van der Waals surface area contributed by atoms with E-state index in [1.807, 2.05) is 0 Å². The molecule has 2 aromatic rings. The van der Waals surface area contributed by atoms with Crippen molar-refractivity contribution in [1.82, 2.24) is 0 Å². The molecule has 0 heterocycles. The highest BCUT2D eigenvalue weighted by atomic mass is 28.3. The second kappa shape index (κ2) is 11.5. The molecule has 0 aliphatic heterocycles. The van der Waals surface area contributed by atoms with Gasteiger partial charge in [-0.25, -0.2) is 0 Å². The number of aryl methyl sites for hydroxylation is 1. The molecule has 0 aromatic heterocycles. The Morgan fingerprint density at radius 2 is 0.914 bits per heavy atom. The third-order valence-corrected chi connectivity index (χ3v) is 21.4. The molecule has 0 aliphatic rings. The number of fused-ring (bicyclic) bond motifs is 1. The fourth-order valence-electron chi connectivity index (χ4n) is 7.00. The molecule has 2 rings (SSSR count). The number of rotatable bonds is 6. The maximum absolute atomic E-state index is 3.96. The Balaban J connectivity index is 2.81. The van der Waals surface area contributed by atoms with E-state index in [1.165, 1.54) is 27.5 Å². The summed E-state index contributed by atoms with van der Waals surface area (Å²) in [5.41, 5.74) is 15.3. The lowest BCUT2D eigenvalue weighted by Crippen LogP contribution is -2.43. The minimum atomic E-state index is -1.80.